The number of carbonyl (C=O) groups is 1. The van der Waals surface area contributed by atoms with Crippen molar-refractivity contribution in [2.45, 2.75) is 19.9 Å². The molecule has 0 unspecified atom stereocenters. The summed E-state index contributed by atoms with van der Waals surface area (Å²) in [6.45, 7) is 2.57. The van der Waals surface area contributed by atoms with E-state index in [0.717, 1.165) is 29.0 Å². The van der Waals surface area contributed by atoms with E-state index in [9.17, 15) is 4.79 Å². The summed E-state index contributed by atoms with van der Waals surface area (Å²) in [6, 6.07) is 6.82. The highest BCUT2D eigenvalue weighted by atomic mass is 16.4. The maximum Gasteiger partial charge on any atom is 0.335 e. The van der Waals surface area contributed by atoms with Gasteiger partial charge in [0.1, 0.15) is 12.2 Å². The van der Waals surface area contributed by atoms with Crippen molar-refractivity contribution in [3.8, 4) is 0 Å². The van der Waals surface area contributed by atoms with Gasteiger partial charge in [-0.2, -0.15) is 0 Å². The molecule has 3 rings (SSSR count). The van der Waals surface area contributed by atoms with Gasteiger partial charge in [-0.3, -0.25) is 0 Å². The van der Waals surface area contributed by atoms with Crippen molar-refractivity contribution in [1.82, 2.24) is 19.5 Å². The van der Waals surface area contributed by atoms with E-state index in [4.69, 9.17) is 5.11 Å². The molecule has 0 atom stereocenters. The second-order valence-electron chi connectivity index (χ2n) is 4.68. The molecule has 106 valence electrons. The van der Waals surface area contributed by atoms with Crippen LogP contribution in [-0.4, -0.2) is 30.6 Å². The number of imidazole rings is 1. The SMILES string of the molecule is CCc1nc2ccc(C(=O)O)cc2n1Cc1ccncn1. The smallest absolute Gasteiger partial charge is 0.335 e. The Kier molecular flexibility index (Phi) is 3.35. The molecule has 0 aliphatic rings. The minimum Gasteiger partial charge on any atom is -0.478 e. The summed E-state index contributed by atoms with van der Waals surface area (Å²) in [5, 5.41) is 9.14. The number of hydrogen-bond acceptors (Lipinski definition) is 4. The summed E-state index contributed by atoms with van der Waals surface area (Å²) >= 11 is 0. The maximum absolute atomic E-state index is 11.1. The first-order valence-electron chi connectivity index (χ1n) is 6.66. The lowest BCUT2D eigenvalue weighted by molar-refractivity contribution is 0.0697. The Hall–Kier alpha value is -2.76. The van der Waals surface area contributed by atoms with Crippen LogP contribution in [0.5, 0.6) is 0 Å². The van der Waals surface area contributed by atoms with Crippen LogP contribution >= 0.6 is 0 Å². The fourth-order valence-electron chi connectivity index (χ4n) is 2.33. The topological polar surface area (TPSA) is 80.9 Å². The van der Waals surface area contributed by atoms with Gasteiger partial charge in [0.25, 0.3) is 0 Å². The lowest BCUT2D eigenvalue weighted by atomic mass is 10.2. The lowest BCUT2D eigenvalue weighted by Crippen LogP contribution is -2.06. The van der Waals surface area contributed by atoms with E-state index in [-0.39, 0.29) is 5.56 Å². The van der Waals surface area contributed by atoms with Crippen LogP contribution < -0.4 is 0 Å². The van der Waals surface area contributed by atoms with Crippen molar-refractivity contribution in [1.29, 1.82) is 0 Å². The quantitative estimate of drug-likeness (QED) is 0.792. The second-order valence-corrected chi connectivity index (χ2v) is 4.68. The standard InChI is InChI=1S/C15H14N4O2/c1-2-14-18-12-4-3-10(15(20)21)7-13(12)19(14)8-11-5-6-16-9-17-11/h3-7,9H,2,8H2,1H3,(H,20,21). The summed E-state index contributed by atoms with van der Waals surface area (Å²) in [5.74, 6) is -0.0316. The van der Waals surface area contributed by atoms with Crippen LogP contribution in [0.15, 0.2) is 36.8 Å². The minimum absolute atomic E-state index is 0.258. The minimum atomic E-state index is -0.940. The zero-order chi connectivity index (χ0) is 14.8. The highest BCUT2D eigenvalue weighted by molar-refractivity contribution is 5.92. The molecule has 0 aliphatic heterocycles. The third kappa shape index (κ3) is 2.47. The van der Waals surface area contributed by atoms with Gasteiger partial charge in [-0.05, 0) is 24.3 Å². The van der Waals surface area contributed by atoms with Crippen molar-refractivity contribution in [3.05, 3.63) is 53.9 Å². The van der Waals surface area contributed by atoms with Crippen LogP contribution in [0.25, 0.3) is 11.0 Å². The molecule has 6 heteroatoms. The first-order chi connectivity index (χ1) is 10.2. The Morgan fingerprint density at radius 3 is 2.86 bits per heavy atom. The highest BCUT2D eigenvalue weighted by Crippen LogP contribution is 2.20. The van der Waals surface area contributed by atoms with Crippen molar-refractivity contribution >= 4 is 17.0 Å². The summed E-state index contributed by atoms with van der Waals surface area (Å²) in [4.78, 5) is 23.8. The number of carboxylic acid groups (broad SMARTS) is 1. The summed E-state index contributed by atoms with van der Waals surface area (Å²) < 4.78 is 2.00. The Morgan fingerprint density at radius 1 is 1.33 bits per heavy atom. The number of aryl methyl sites for hydroxylation is 1. The number of nitrogens with zero attached hydrogens (tertiary/aromatic N) is 4. The van der Waals surface area contributed by atoms with Crippen LogP contribution in [0, 0.1) is 0 Å². The molecule has 0 spiro atoms. The number of rotatable bonds is 4. The number of aromatic carboxylic acids is 1. The zero-order valence-corrected chi connectivity index (χ0v) is 11.5. The maximum atomic E-state index is 11.1. The van der Waals surface area contributed by atoms with E-state index >= 15 is 0 Å². The van der Waals surface area contributed by atoms with Gasteiger partial charge in [-0.1, -0.05) is 6.92 Å². The largest absolute Gasteiger partial charge is 0.478 e. The fraction of sp³-hybridized carbons (Fsp3) is 0.200. The van der Waals surface area contributed by atoms with Crippen molar-refractivity contribution < 1.29 is 9.90 Å². The molecular formula is C15H14N4O2. The van der Waals surface area contributed by atoms with Crippen molar-refractivity contribution in [3.63, 3.8) is 0 Å². The molecule has 0 aliphatic carbocycles. The van der Waals surface area contributed by atoms with Crippen molar-refractivity contribution in [2.75, 3.05) is 0 Å². The molecule has 0 saturated carbocycles. The molecule has 2 aromatic heterocycles. The van der Waals surface area contributed by atoms with E-state index in [1.165, 1.54) is 6.33 Å². The number of benzene rings is 1. The van der Waals surface area contributed by atoms with E-state index in [1.54, 1.807) is 24.4 Å². The van der Waals surface area contributed by atoms with Crippen molar-refractivity contribution in [2.24, 2.45) is 0 Å². The molecule has 1 aromatic carbocycles. The van der Waals surface area contributed by atoms with Gasteiger partial charge in [0.15, 0.2) is 0 Å². The molecule has 21 heavy (non-hydrogen) atoms. The molecule has 0 radical (unpaired) electrons. The second kappa shape index (κ2) is 5.32. The molecule has 3 aromatic rings. The lowest BCUT2D eigenvalue weighted by Gasteiger charge is -2.07. The molecule has 6 nitrogen and oxygen atoms in total. The molecule has 2 heterocycles. The predicted octanol–water partition coefficient (Wildman–Crippen LogP) is 2.14. The number of carboxylic acids is 1. The average Bonchev–Trinajstić information content (AvgIpc) is 2.85. The Bertz CT molecular complexity index is 796. The van der Waals surface area contributed by atoms with Gasteiger partial charge in [0.05, 0.1) is 28.8 Å². The van der Waals surface area contributed by atoms with E-state index in [2.05, 4.69) is 15.0 Å². The average molecular weight is 282 g/mol. The van der Waals surface area contributed by atoms with Gasteiger partial charge in [0, 0.05) is 12.6 Å². The first-order valence-corrected chi connectivity index (χ1v) is 6.66. The summed E-state index contributed by atoms with van der Waals surface area (Å²) in [6.07, 6.45) is 3.96. The van der Waals surface area contributed by atoms with E-state index in [0.29, 0.717) is 6.54 Å². The molecule has 0 fully saturated rings. The van der Waals surface area contributed by atoms with Crippen LogP contribution in [0.4, 0.5) is 0 Å². The monoisotopic (exact) mass is 282 g/mol. The normalized spacial score (nSPS) is 10.9. The van der Waals surface area contributed by atoms with E-state index < -0.39 is 5.97 Å². The summed E-state index contributed by atoms with van der Waals surface area (Å²) in [5.41, 5.74) is 2.73. The van der Waals surface area contributed by atoms with Crippen LogP contribution in [0.2, 0.25) is 0 Å². The van der Waals surface area contributed by atoms with Gasteiger partial charge in [-0.25, -0.2) is 19.7 Å². The van der Waals surface area contributed by atoms with Crippen LogP contribution in [-0.2, 0) is 13.0 Å². The number of fused-ring (bicyclic) bond motifs is 1. The Balaban J connectivity index is 2.14. The molecule has 0 bridgehead atoms. The number of aromatic nitrogens is 4. The Morgan fingerprint density at radius 2 is 2.19 bits per heavy atom. The summed E-state index contributed by atoms with van der Waals surface area (Å²) in [7, 11) is 0. The zero-order valence-electron chi connectivity index (χ0n) is 11.5. The first kappa shape index (κ1) is 13.2. The highest BCUT2D eigenvalue weighted by Gasteiger charge is 2.13. The van der Waals surface area contributed by atoms with Gasteiger partial charge in [-0.15, -0.1) is 0 Å². The third-order valence-electron chi connectivity index (χ3n) is 3.35. The molecule has 1 N–H and O–H groups in total. The van der Waals surface area contributed by atoms with Gasteiger partial charge >= 0.3 is 5.97 Å². The fourth-order valence-corrected chi connectivity index (χ4v) is 2.33. The molecule has 0 amide bonds. The van der Waals surface area contributed by atoms with Crippen LogP contribution in [0.3, 0.4) is 0 Å². The van der Waals surface area contributed by atoms with Gasteiger partial charge in [0.2, 0.25) is 0 Å². The molecular weight excluding hydrogens is 268 g/mol. The Labute approximate surface area is 121 Å². The molecule has 0 saturated heterocycles. The third-order valence-corrected chi connectivity index (χ3v) is 3.35. The van der Waals surface area contributed by atoms with E-state index in [1.807, 2.05) is 17.6 Å². The number of hydrogen-bond donors (Lipinski definition) is 1. The predicted molar refractivity (Wildman–Crippen MR) is 77.2 cm³/mol. The van der Waals surface area contributed by atoms with Crippen LogP contribution in [0.1, 0.15) is 28.8 Å². The van der Waals surface area contributed by atoms with Gasteiger partial charge < -0.3 is 9.67 Å².